The number of hydrogen-bond donors (Lipinski definition) is 3. The lowest BCUT2D eigenvalue weighted by molar-refractivity contribution is -0.0932. The Labute approximate surface area is 102 Å². The molecule has 7 nitrogen and oxygen atoms in total. The quantitative estimate of drug-likeness (QED) is 0.615. The van der Waals surface area contributed by atoms with E-state index in [-0.39, 0.29) is 5.82 Å². The SMILES string of the molecule is CC1(O)C(F)C(CO)OC1n1ccc(N)nc1=O. The van der Waals surface area contributed by atoms with Gasteiger partial charge >= 0.3 is 5.69 Å². The van der Waals surface area contributed by atoms with Gasteiger partial charge in [-0.25, -0.2) is 9.18 Å². The van der Waals surface area contributed by atoms with Crippen LogP contribution in [0.1, 0.15) is 13.2 Å². The predicted molar refractivity (Wildman–Crippen MR) is 59.4 cm³/mol. The molecular formula is C10H14FN3O4. The van der Waals surface area contributed by atoms with E-state index in [9.17, 15) is 14.3 Å². The van der Waals surface area contributed by atoms with Crippen LogP contribution in [-0.2, 0) is 4.74 Å². The van der Waals surface area contributed by atoms with Crippen LogP contribution in [0.15, 0.2) is 17.1 Å². The van der Waals surface area contributed by atoms with Crippen molar-refractivity contribution in [1.82, 2.24) is 9.55 Å². The van der Waals surface area contributed by atoms with Crippen molar-refractivity contribution in [3.63, 3.8) is 0 Å². The summed E-state index contributed by atoms with van der Waals surface area (Å²) in [5.41, 5.74) is 2.64. The molecule has 2 rings (SSSR count). The second-order valence-electron chi connectivity index (χ2n) is 4.38. The van der Waals surface area contributed by atoms with Crippen molar-refractivity contribution in [2.24, 2.45) is 0 Å². The number of nitrogens with two attached hydrogens (primary N) is 1. The molecule has 0 bridgehead atoms. The molecule has 1 saturated heterocycles. The number of ether oxygens (including phenoxy) is 1. The van der Waals surface area contributed by atoms with Crippen LogP contribution >= 0.6 is 0 Å². The maximum Gasteiger partial charge on any atom is 0.351 e. The van der Waals surface area contributed by atoms with E-state index in [1.165, 1.54) is 19.2 Å². The molecule has 18 heavy (non-hydrogen) atoms. The largest absolute Gasteiger partial charge is 0.394 e. The van der Waals surface area contributed by atoms with Crippen molar-refractivity contribution in [1.29, 1.82) is 0 Å². The van der Waals surface area contributed by atoms with Gasteiger partial charge in [0.25, 0.3) is 0 Å². The summed E-state index contributed by atoms with van der Waals surface area (Å²) in [7, 11) is 0. The van der Waals surface area contributed by atoms with Crippen LogP contribution in [0.2, 0.25) is 0 Å². The first-order valence-corrected chi connectivity index (χ1v) is 5.35. The molecule has 1 fully saturated rings. The molecule has 4 unspecified atom stereocenters. The van der Waals surface area contributed by atoms with Crippen molar-refractivity contribution in [3.8, 4) is 0 Å². The second-order valence-corrected chi connectivity index (χ2v) is 4.38. The third-order valence-corrected chi connectivity index (χ3v) is 2.97. The Morgan fingerprint density at radius 3 is 2.89 bits per heavy atom. The molecule has 0 saturated carbocycles. The van der Waals surface area contributed by atoms with E-state index in [1.54, 1.807) is 0 Å². The number of anilines is 1. The zero-order valence-electron chi connectivity index (χ0n) is 9.65. The summed E-state index contributed by atoms with van der Waals surface area (Å²) < 4.78 is 19.9. The number of alkyl halides is 1. The lowest BCUT2D eigenvalue weighted by Gasteiger charge is -2.26. The number of nitrogens with zero attached hydrogens (tertiary/aromatic N) is 2. The Morgan fingerprint density at radius 2 is 2.39 bits per heavy atom. The Bertz CT molecular complexity index is 504. The minimum Gasteiger partial charge on any atom is -0.394 e. The van der Waals surface area contributed by atoms with Crippen LogP contribution in [-0.4, -0.2) is 44.2 Å². The van der Waals surface area contributed by atoms with E-state index in [4.69, 9.17) is 15.6 Å². The van der Waals surface area contributed by atoms with Gasteiger partial charge in [-0.3, -0.25) is 4.57 Å². The molecule has 1 aromatic heterocycles. The van der Waals surface area contributed by atoms with Crippen LogP contribution < -0.4 is 11.4 Å². The van der Waals surface area contributed by atoms with Gasteiger partial charge in [0.05, 0.1) is 6.61 Å². The van der Waals surface area contributed by atoms with Gasteiger partial charge in [-0.05, 0) is 13.0 Å². The van der Waals surface area contributed by atoms with Crippen molar-refractivity contribution >= 4 is 5.82 Å². The van der Waals surface area contributed by atoms with Crippen molar-refractivity contribution in [2.45, 2.75) is 31.0 Å². The fraction of sp³-hybridized carbons (Fsp3) is 0.600. The molecule has 0 spiro atoms. The van der Waals surface area contributed by atoms with Crippen molar-refractivity contribution in [2.75, 3.05) is 12.3 Å². The normalized spacial score (nSPS) is 35.9. The predicted octanol–water partition coefficient (Wildman–Crippen LogP) is -1.20. The molecule has 0 radical (unpaired) electrons. The molecule has 8 heteroatoms. The molecular weight excluding hydrogens is 245 g/mol. The van der Waals surface area contributed by atoms with Gasteiger partial charge in [0, 0.05) is 6.20 Å². The molecule has 1 aromatic rings. The Hall–Kier alpha value is -1.51. The lowest BCUT2D eigenvalue weighted by Crippen LogP contribution is -2.44. The minimum atomic E-state index is -1.94. The second kappa shape index (κ2) is 4.30. The third kappa shape index (κ3) is 1.88. The molecule has 0 amide bonds. The van der Waals surface area contributed by atoms with Crippen LogP contribution in [0.5, 0.6) is 0 Å². The summed E-state index contributed by atoms with van der Waals surface area (Å²) in [4.78, 5) is 15.1. The number of rotatable bonds is 2. The minimum absolute atomic E-state index is 0.0180. The van der Waals surface area contributed by atoms with Gasteiger partial charge in [-0.1, -0.05) is 0 Å². The number of aliphatic hydroxyl groups is 2. The fourth-order valence-corrected chi connectivity index (χ4v) is 1.97. The first-order chi connectivity index (χ1) is 8.37. The van der Waals surface area contributed by atoms with Crippen LogP contribution in [0, 0.1) is 0 Å². The molecule has 0 aromatic carbocycles. The highest BCUT2D eigenvalue weighted by molar-refractivity contribution is 5.23. The maximum absolute atomic E-state index is 13.8. The average molecular weight is 259 g/mol. The number of hydrogen-bond acceptors (Lipinski definition) is 6. The number of aliphatic hydroxyl groups excluding tert-OH is 1. The molecule has 2 heterocycles. The van der Waals surface area contributed by atoms with Crippen molar-refractivity contribution < 1.29 is 19.3 Å². The maximum atomic E-state index is 13.8. The zero-order chi connectivity index (χ0) is 13.5. The van der Waals surface area contributed by atoms with E-state index in [2.05, 4.69) is 4.98 Å². The topological polar surface area (TPSA) is 111 Å². The fourth-order valence-electron chi connectivity index (χ4n) is 1.97. The zero-order valence-corrected chi connectivity index (χ0v) is 9.65. The van der Waals surface area contributed by atoms with E-state index in [0.29, 0.717) is 0 Å². The summed E-state index contributed by atoms with van der Waals surface area (Å²) in [6, 6.07) is 1.33. The first-order valence-electron chi connectivity index (χ1n) is 5.35. The van der Waals surface area contributed by atoms with E-state index in [1.807, 2.05) is 0 Å². The highest BCUT2D eigenvalue weighted by Crippen LogP contribution is 2.39. The summed E-state index contributed by atoms with van der Waals surface area (Å²) in [6.07, 6.45) is -2.99. The van der Waals surface area contributed by atoms with Gasteiger partial charge in [-0.15, -0.1) is 0 Å². The molecule has 1 aliphatic heterocycles. The number of aromatic nitrogens is 2. The van der Waals surface area contributed by atoms with Gasteiger partial charge in [-0.2, -0.15) is 4.98 Å². The summed E-state index contributed by atoms with van der Waals surface area (Å²) >= 11 is 0. The highest BCUT2D eigenvalue weighted by atomic mass is 19.1. The molecule has 4 atom stereocenters. The van der Waals surface area contributed by atoms with E-state index in [0.717, 1.165) is 4.57 Å². The molecule has 0 aliphatic carbocycles. The molecule has 4 N–H and O–H groups in total. The Kier molecular flexibility index (Phi) is 3.09. The Morgan fingerprint density at radius 1 is 1.72 bits per heavy atom. The standard InChI is InChI=1S/C10H14FN3O4/c1-10(17)7(11)5(4-15)18-8(10)14-3-2-6(12)13-9(14)16/h2-3,5,7-8,15,17H,4H2,1H3,(H2,12,13,16). The average Bonchev–Trinajstić information content (AvgIpc) is 2.52. The molecule has 100 valence electrons. The van der Waals surface area contributed by atoms with Crippen molar-refractivity contribution in [3.05, 3.63) is 22.7 Å². The summed E-state index contributed by atoms with van der Waals surface area (Å²) in [6.45, 7) is 0.603. The number of halogens is 1. The smallest absolute Gasteiger partial charge is 0.351 e. The Balaban J connectivity index is 2.42. The van der Waals surface area contributed by atoms with Crippen LogP contribution in [0.4, 0.5) is 10.2 Å². The van der Waals surface area contributed by atoms with Gasteiger partial charge in [0.2, 0.25) is 0 Å². The lowest BCUT2D eigenvalue weighted by atomic mass is 9.98. The first kappa shape index (κ1) is 12.9. The van der Waals surface area contributed by atoms with Crippen LogP contribution in [0.25, 0.3) is 0 Å². The van der Waals surface area contributed by atoms with E-state index >= 15 is 0 Å². The highest BCUT2D eigenvalue weighted by Gasteiger charge is 2.54. The van der Waals surface area contributed by atoms with Gasteiger partial charge in [0.1, 0.15) is 17.5 Å². The third-order valence-electron chi connectivity index (χ3n) is 2.97. The van der Waals surface area contributed by atoms with Crippen LogP contribution in [0.3, 0.4) is 0 Å². The number of nitrogen functional groups attached to an aromatic ring is 1. The van der Waals surface area contributed by atoms with E-state index < -0.39 is 36.4 Å². The van der Waals surface area contributed by atoms with Gasteiger partial charge < -0.3 is 20.7 Å². The molecule has 1 aliphatic rings. The van der Waals surface area contributed by atoms with Gasteiger partial charge in [0.15, 0.2) is 12.4 Å². The monoisotopic (exact) mass is 259 g/mol. The summed E-state index contributed by atoms with van der Waals surface area (Å²) in [5.74, 6) is 0.0180. The summed E-state index contributed by atoms with van der Waals surface area (Å²) in [5, 5.41) is 19.0.